The molecular weight excluding hydrogens is 398 g/mol. The van der Waals surface area contributed by atoms with Crippen molar-refractivity contribution in [3.05, 3.63) is 90.5 Å². The average Bonchev–Trinajstić information content (AvgIpc) is 2.85. The van der Waals surface area contributed by atoms with Crippen LogP contribution in [0.4, 0.5) is 5.69 Å². The second kappa shape index (κ2) is 10.2. The van der Waals surface area contributed by atoms with Crippen molar-refractivity contribution in [1.29, 1.82) is 0 Å². The lowest BCUT2D eigenvalue weighted by Crippen LogP contribution is -2.57. The molecule has 0 aromatic heterocycles. The Kier molecular flexibility index (Phi) is 6.97. The summed E-state index contributed by atoms with van der Waals surface area (Å²) in [6.45, 7) is 1.48. The summed E-state index contributed by atoms with van der Waals surface area (Å²) in [4.78, 5) is 29.0. The summed E-state index contributed by atoms with van der Waals surface area (Å²) in [6, 6.07) is 28.9. The lowest BCUT2D eigenvalue weighted by Gasteiger charge is -2.41. The van der Waals surface area contributed by atoms with Gasteiger partial charge in [0.05, 0.1) is 6.54 Å². The van der Waals surface area contributed by atoms with Gasteiger partial charge in [-0.2, -0.15) is 0 Å². The fourth-order valence-electron chi connectivity index (χ4n) is 4.26. The van der Waals surface area contributed by atoms with Crippen LogP contribution in [0.15, 0.2) is 84.9 Å². The van der Waals surface area contributed by atoms with Gasteiger partial charge in [-0.25, -0.2) is 0 Å². The number of amides is 2. The number of anilines is 1. The molecule has 1 heterocycles. The van der Waals surface area contributed by atoms with Crippen LogP contribution in [0, 0.1) is 0 Å². The van der Waals surface area contributed by atoms with Gasteiger partial charge in [0.2, 0.25) is 11.8 Å². The Morgan fingerprint density at radius 2 is 1.62 bits per heavy atom. The van der Waals surface area contributed by atoms with E-state index in [1.807, 2.05) is 53.4 Å². The molecule has 1 aliphatic rings. The summed E-state index contributed by atoms with van der Waals surface area (Å²) >= 11 is 0. The van der Waals surface area contributed by atoms with Crippen LogP contribution in [0.25, 0.3) is 11.1 Å². The minimum atomic E-state index is -0.00565. The SMILES string of the molecule is CNC(=O)CCN1CC(=O)N(c2cccc(-c3ccccc3)c2)C[C@H]1Cc1ccccc1. The number of nitrogens with zero attached hydrogens (tertiary/aromatic N) is 2. The quantitative estimate of drug-likeness (QED) is 0.625. The number of nitrogens with one attached hydrogen (secondary N) is 1. The van der Waals surface area contributed by atoms with Gasteiger partial charge < -0.3 is 10.2 Å². The predicted octanol–water partition coefficient (Wildman–Crippen LogP) is 3.75. The van der Waals surface area contributed by atoms with Crippen molar-refractivity contribution in [3.8, 4) is 11.1 Å². The van der Waals surface area contributed by atoms with Gasteiger partial charge in [0.25, 0.3) is 0 Å². The first-order valence-electron chi connectivity index (χ1n) is 11.1. The van der Waals surface area contributed by atoms with E-state index in [0.717, 1.165) is 23.2 Å². The molecule has 5 heteroatoms. The van der Waals surface area contributed by atoms with Crippen molar-refractivity contribution in [3.63, 3.8) is 0 Å². The van der Waals surface area contributed by atoms with Crippen LogP contribution in [0.3, 0.4) is 0 Å². The Bertz CT molecular complexity index is 1050. The van der Waals surface area contributed by atoms with Crippen molar-refractivity contribution in [2.75, 3.05) is 31.6 Å². The van der Waals surface area contributed by atoms with E-state index in [2.05, 4.69) is 46.6 Å². The Balaban J connectivity index is 1.57. The van der Waals surface area contributed by atoms with Crippen LogP contribution < -0.4 is 10.2 Å². The maximum absolute atomic E-state index is 13.1. The first kappa shape index (κ1) is 21.8. The largest absolute Gasteiger partial charge is 0.359 e. The second-order valence-corrected chi connectivity index (χ2v) is 8.16. The molecule has 5 nitrogen and oxygen atoms in total. The maximum atomic E-state index is 13.1. The summed E-state index contributed by atoms with van der Waals surface area (Å²) < 4.78 is 0. The number of rotatable bonds is 7. The molecule has 3 aromatic rings. The first-order valence-corrected chi connectivity index (χ1v) is 11.1. The van der Waals surface area contributed by atoms with Gasteiger partial charge in [-0.3, -0.25) is 14.5 Å². The third kappa shape index (κ3) is 5.24. The van der Waals surface area contributed by atoms with Crippen LogP contribution >= 0.6 is 0 Å². The van der Waals surface area contributed by atoms with E-state index in [4.69, 9.17) is 0 Å². The molecule has 3 aromatic carbocycles. The van der Waals surface area contributed by atoms with Crippen molar-refractivity contribution >= 4 is 17.5 Å². The van der Waals surface area contributed by atoms with Gasteiger partial charge >= 0.3 is 0 Å². The standard InChI is InChI=1S/C27H29N3O2/c1-28-26(31)15-16-29-20-27(32)30(19-25(29)17-21-9-4-2-5-10-21)24-14-8-13-23(18-24)22-11-6-3-7-12-22/h2-14,18,25H,15-17,19-20H2,1H3,(H,28,31)/t25-/m1/s1. The molecule has 4 rings (SSSR count). The van der Waals surface area contributed by atoms with Gasteiger partial charge in [0.15, 0.2) is 0 Å². The van der Waals surface area contributed by atoms with Crippen LogP contribution in [0.1, 0.15) is 12.0 Å². The molecule has 0 spiro atoms. The highest BCUT2D eigenvalue weighted by Gasteiger charge is 2.33. The third-order valence-electron chi connectivity index (χ3n) is 6.03. The molecule has 0 radical (unpaired) electrons. The molecule has 1 atom stereocenters. The summed E-state index contributed by atoms with van der Waals surface area (Å²) in [6.07, 6.45) is 1.22. The third-order valence-corrected chi connectivity index (χ3v) is 6.03. The van der Waals surface area contributed by atoms with Gasteiger partial charge in [0.1, 0.15) is 0 Å². The van der Waals surface area contributed by atoms with Gasteiger partial charge in [-0.15, -0.1) is 0 Å². The fraction of sp³-hybridized carbons (Fsp3) is 0.259. The lowest BCUT2D eigenvalue weighted by atomic mass is 10.00. The van der Waals surface area contributed by atoms with Crippen molar-refractivity contribution in [2.45, 2.75) is 18.9 Å². The summed E-state index contributed by atoms with van der Waals surface area (Å²) in [7, 11) is 1.65. The summed E-state index contributed by atoms with van der Waals surface area (Å²) in [5, 5.41) is 2.68. The summed E-state index contributed by atoms with van der Waals surface area (Å²) in [5.41, 5.74) is 4.37. The Hall–Kier alpha value is -3.44. The predicted molar refractivity (Wildman–Crippen MR) is 128 cm³/mol. The van der Waals surface area contributed by atoms with Crippen LogP contribution in [0.2, 0.25) is 0 Å². The van der Waals surface area contributed by atoms with Crippen LogP contribution in [-0.4, -0.2) is 49.4 Å². The molecule has 32 heavy (non-hydrogen) atoms. The molecule has 0 saturated carbocycles. The Labute approximate surface area is 189 Å². The monoisotopic (exact) mass is 427 g/mol. The number of hydrogen-bond donors (Lipinski definition) is 1. The van der Waals surface area contributed by atoms with Crippen molar-refractivity contribution in [2.24, 2.45) is 0 Å². The molecule has 0 unspecified atom stereocenters. The van der Waals surface area contributed by atoms with Crippen LogP contribution in [0.5, 0.6) is 0 Å². The minimum absolute atomic E-state index is 0.00565. The lowest BCUT2D eigenvalue weighted by molar-refractivity contribution is -0.125. The number of benzene rings is 3. The fourth-order valence-corrected chi connectivity index (χ4v) is 4.26. The Morgan fingerprint density at radius 3 is 2.34 bits per heavy atom. The minimum Gasteiger partial charge on any atom is -0.359 e. The maximum Gasteiger partial charge on any atom is 0.241 e. The van der Waals surface area contributed by atoms with Gasteiger partial charge in [0, 0.05) is 38.3 Å². The number of hydrogen-bond acceptors (Lipinski definition) is 3. The summed E-state index contributed by atoms with van der Waals surface area (Å²) in [5.74, 6) is 0.0605. The molecule has 2 amide bonds. The topological polar surface area (TPSA) is 52.7 Å². The molecule has 1 fully saturated rings. The molecular formula is C27H29N3O2. The van der Waals surface area contributed by atoms with E-state index in [1.165, 1.54) is 5.56 Å². The number of carbonyl (C=O) groups is 2. The number of piperazine rings is 1. The average molecular weight is 428 g/mol. The molecule has 164 valence electrons. The molecule has 1 saturated heterocycles. The zero-order chi connectivity index (χ0) is 22.3. The zero-order valence-corrected chi connectivity index (χ0v) is 18.4. The normalized spacial score (nSPS) is 16.7. The highest BCUT2D eigenvalue weighted by molar-refractivity contribution is 5.96. The van der Waals surface area contributed by atoms with Crippen molar-refractivity contribution in [1.82, 2.24) is 10.2 Å². The molecule has 1 N–H and O–H groups in total. The molecule has 1 aliphatic heterocycles. The zero-order valence-electron chi connectivity index (χ0n) is 18.4. The van der Waals surface area contributed by atoms with E-state index in [0.29, 0.717) is 26.1 Å². The van der Waals surface area contributed by atoms with Crippen LogP contribution in [-0.2, 0) is 16.0 Å². The van der Waals surface area contributed by atoms with Gasteiger partial charge in [-0.05, 0) is 35.2 Å². The van der Waals surface area contributed by atoms with E-state index in [1.54, 1.807) is 7.05 Å². The second-order valence-electron chi connectivity index (χ2n) is 8.16. The highest BCUT2D eigenvalue weighted by atomic mass is 16.2. The van der Waals surface area contributed by atoms with E-state index < -0.39 is 0 Å². The van der Waals surface area contributed by atoms with E-state index >= 15 is 0 Å². The molecule has 0 aliphatic carbocycles. The Morgan fingerprint density at radius 1 is 0.938 bits per heavy atom. The van der Waals surface area contributed by atoms with Crippen molar-refractivity contribution < 1.29 is 9.59 Å². The molecule has 0 bridgehead atoms. The van der Waals surface area contributed by atoms with E-state index in [9.17, 15) is 9.59 Å². The first-order chi connectivity index (χ1) is 15.6. The number of carbonyl (C=O) groups excluding carboxylic acids is 2. The van der Waals surface area contributed by atoms with Gasteiger partial charge in [-0.1, -0.05) is 72.8 Å². The smallest absolute Gasteiger partial charge is 0.241 e. The highest BCUT2D eigenvalue weighted by Crippen LogP contribution is 2.27. The van der Waals surface area contributed by atoms with E-state index in [-0.39, 0.29) is 17.9 Å².